The van der Waals surface area contributed by atoms with Gasteiger partial charge in [0, 0.05) is 32.7 Å². The Morgan fingerprint density at radius 1 is 1.00 bits per heavy atom. The maximum atomic E-state index is 5.68. The third kappa shape index (κ3) is 5.19. The molecule has 3 rings (SSSR count). The highest BCUT2D eigenvalue weighted by Crippen LogP contribution is 2.24. The summed E-state index contributed by atoms with van der Waals surface area (Å²) in [5.74, 6) is 0.845. The topological polar surface area (TPSA) is 27.7 Å². The fourth-order valence-electron chi connectivity index (χ4n) is 3.22. The van der Waals surface area contributed by atoms with Gasteiger partial charge in [-0.3, -0.25) is 4.90 Å². The first-order chi connectivity index (χ1) is 12.8. The molecule has 1 aliphatic heterocycles. The van der Waals surface area contributed by atoms with Gasteiger partial charge in [-0.25, -0.2) is 0 Å². The molecule has 1 N–H and O–H groups in total. The van der Waals surface area contributed by atoms with Gasteiger partial charge in [-0.1, -0.05) is 42.5 Å². The molecular formula is C21H27N3OS. The number of benzene rings is 2. The minimum atomic E-state index is 0.642. The fourth-order valence-corrected chi connectivity index (χ4v) is 3.51. The van der Waals surface area contributed by atoms with E-state index in [9.17, 15) is 0 Å². The van der Waals surface area contributed by atoms with Gasteiger partial charge in [-0.2, -0.15) is 0 Å². The highest BCUT2D eigenvalue weighted by molar-refractivity contribution is 7.80. The Balaban J connectivity index is 1.56. The van der Waals surface area contributed by atoms with Crippen LogP contribution in [0, 0.1) is 0 Å². The standard InChI is InChI=1S/C21H27N3OS/c1-2-25-20-12-7-6-11-19(20)22-21(26)24-14-8-13-23(15-16-24)17-18-9-4-3-5-10-18/h3-7,9-12H,2,8,13-17H2,1H3,(H,22,26). The minimum absolute atomic E-state index is 0.642. The fraction of sp³-hybridized carbons (Fsp3) is 0.381. The highest BCUT2D eigenvalue weighted by atomic mass is 32.1. The van der Waals surface area contributed by atoms with Gasteiger partial charge in [-0.05, 0) is 43.3 Å². The molecule has 1 saturated heterocycles. The summed E-state index contributed by atoms with van der Waals surface area (Å²) in [6.07, 6.45) is 1.11. The van der Waals surface area contributed by atoms with Crippen LogP contribution in [-0.2, 0) is 6.54 Å². The smallest absolute Gasteiger partial charge is 0.173 e. The highest BCUT2D eigenvalue weighted by Gasteiger charge is 2.18. The first kappa shape index (κ1) is 18.7. The second-order valence-electron chi connectivity index (χ2n) is 6.46. The van der Waals surface area contributed by atoms with Crippen molar-refractivity contribution >= 4 is 23.0 Å². The van der Waals surface area contributed by atoms with Crippen LogP contribution in [-0.4, -0.2) is 47.7 Å². The van der Waals surface area contributed by atoms with Crippen molar-refractivity contribution in [2.75, 3.05) is 38.1 Å². The van der Waals surface area contributed by atoms with E-state index in [2.05, 4.69) is 45.4 Å². The van der Waals surface area contributed by atoms with Gasteiger partial charge in [0.25, 0.3) is 0 Å². The van der Waals surface area contributed by atoms with E-state index in [1.807, 2.05) is 31.2 Å². The number of rotatable bonds is 5. The molecule has 2 aromatic carbocycles. The van der Waals surface area contributed by atoms with E-state index in [4.69, 9.17) is 17.0 Å². The lowest BCUT2D eigenvalue weighted by Gasteiger charge is -2.25. The molecule has 1 fully saturated rings. The molecule has 0 atom stereocenters. The van der Waals surface area contributed by atoms with E-state index in [0.29, 0.717) is 6.61 Å². The van der Waals surface area contributed by atoms with Crippen LogP contribution in [0.5, 0.6) is 5.75 Å². The van der Waals surface area contributed by atoms with Crippen molar-refractivity contribution in [2.45, 2.75) is 19.9 Å². The summed E-state index contributed by atoms with van der Waals surface area (Å²) < 4.78 is 5.68. The summed E-state index contributed by atoms with van der Waals surface area (Å²) in [5, 5.41) is 4.15. The largest absolute Gasteiger partial charge is 0.492 e. The zero-order chi connectivity index (χ0) is 18.2. The van der Waals surface area contributed by atoms with E-state index in [-0.39, 0.29) is 0 Å². The van der Waals surface area contributed by atoms with Crippen molar-refractivity contribution in [3.05, 3.63) is 60.2 Å². The second kappa shape index (κ2) is 9.55. The van der Waals surface area contributed by atoms with Crippen molar-refractivity contribution in [3.8, 4) is 5.75 Å². The maximum Gasteiger partial charge on any atom is 0.173 e. The lowest BCUT2D eigenvalue weighted by Crippen LogP contribution is -2.37. The number of hydrogen-bond donors (Lipinski definition) is 1. The summed E-state index contributed by atoms with van der Waals surface area (Å²) in [6.45, 7) is 7.67. The van der Waals surface area contributed by atoms with E-state index in [0.717, 1.165) is 55.7 Å². The summed E-state index contributed by atoms with van der Waals surface area (Å²) >= 11 is 5.67. The van der Waals surface area contributed by atoms with Crippen molar-refractivity contribution in [1.82, 2.24) is 9.80 Å². The van der Waals surface area contributed by atoms with Gasteiger partial charge in [0.2, 0.25) is 0 Å². The lowest BCUT2D eigenvalue weighted by atomic mass is 10.2. The van der Waals surface area contributed by atoms with Gasteiger partial charge >= 0.3 is 0 Å². The Kier molecular flexibility index (Phi) is 6.86. The number of hydrogen-bond acceptors (Lipinski definition) is 3. The molecule has 4 nitrogen and oxygen atoms in total. The molecule has 138 valence electrons. The molecule has 0 spiro atoms. The van der Waals surface area contributed by atoms with Crippen molar-refractivity contribution in [1.29, 1.82) is 0 Å². The molecule has 1 aliphatic rings. The quantitative estimate of drug-likeness (QED) is 0.805. The molecule has 0 amide bonds. The lowest BCUT2D eigenvalue weighted by molar-refractivity contribution is 0.278. The van der Waals surface area contributed by atoms with Gasteiger partial charge in [0.05, 0.1) is 12.3 Å². The molecule has 0 unspecified atom stereocenters. The first-order valence-electron chi connectivity index (χ1n) is 9.30. The number of para-hydroxylation sites is 2. The predicted octanol–water partition coefficient (Wildman–Crippen LogP) is 3.99. The molecule has 0 saturated carbocycles. The van der Waals surface area contributed by atoms with Crippen LogP contribution < -0.4 is 10.1 Å². The van der Waals surface area contributed by atoms with E-state index in [1.54, 1.807) is 0 Å². The van der Waals surface area contributed by atoms with E-state index >= 15 is 0 Å². The van der Waals surface area contributed by atoms with Crippen LogP contribution in [0.2, 0.25) is 0 Å². The van der Waals surface area contributed by atoms with Gasteiger partial charge in [-0.15, -0.1) is 0 Å². The average Bonchev–Trinajstić information content (AvgIpc) is 2.90. The van der Waals surface area contributed by atoms with Gasteiger partial charge in [0.1, 0.15) is 5.75 Å². The molecule has 0 radical (unpaired) electrons. The number of ether oxygens (including phenoxy) is 1. The third-order valence-corrected chi connectivity index (χ3v) is 4.91. The Morgan fingerprint density at radius 2 is 1.77 bits per heavy atom. The number of nitrogens with zero attached hydrogens (tertiary/aromatic N) is 2. The summed E-state index contributed by atoms with van der Waals surface area (Å²) in [4.78, 5) is 4.77. The third-order valence-electron chi connectivity index (χ3n) is 4.55. The first-order valence-corrected chi connectivity index (χ1v) is 9.71. The van der Waals surface area contributed by atoms with Crippen LogP contribution in [0.15, 0.2) is 54.6 Å². The molecule has 0 bridgehead atoms. The molecule has 0 aliphatic carbocycles. The Labute approximate surface area is 161 Å². The van der Waals surface area contributed by atoms with Crippen LogP contribution in [0.4, 0.5) is 5.69 Å². The van der Waals surface area contributed by atoms with Crippen molar-refractivity contribution in [2.24, 2.45) is 0 Å². The predicted molar refractivity (Wildman–Crippen MR) is 112 cm³/mol. The normalized spacial score (nSPS) is 15.3. The molecule has 0 aromatic heterocycles. The summed E-state index contributed by atoms with van der Waals surface area (Å²) in [7, 11) is 0. The second-order valence-corrected chi connectivity index (χ2v) is 6.85. The number of thiocarbonyl (C=S) groups is 1. The van der Waals surface area contributed by atoms with Crippen LogP contribution in [0.25, 0.3) is 0 Å². The van der Waals surface area contributed by atoms with Crippen molar-refractivity contribution in [3.63, 3.8) is 0 Å². The van der Waals surface area contributed by atoms with Crippen LogP contribution >= 0.6 is 12.2 Å². The summed E-state index contributed by atoms with van der Waals surface area (Å²) in [6, 6.07) is 18.6. The van der Waals surface area contributed by atoms with Crippen LogP contribution in [0.1, 0.15) is 18.9 Å². The number of nitrogens with one attached hydrogen (secondary N) is 1. The molecule has 26 heavy (non-hydrogen) atoms. The van der Waals surface area contributed by atoms with Gasteiger partial charge < -0.3 is 15.0 Å². The van der Waals surface area contributed by atoms with Crippen LogP contribution in [0.3, 0.4) is 0 Å². The SMILES string of the molecule is CCOc1ccccc1NC(=S)N1CCCN(Cc2ccccc2)CC1. The molecule has 5 heteroatoms. The average molecular weight is 370 g/mol. The Bertz CT molecular complexity index is 707. The monoisotopic (exact) mass is 369 g/mol. The van der Waals surface area contributed by atoms with E-state index < -0.39 is 0 Å². The zero-order valence-corrected chi connectivity index (χ0v) is 16.2. The summed E-state index contributed by atoms with van der Waals surface area (Å²) in [5.41, 5.74) is 2.30. The Morgan fingerprint density at radius 3 is 2.58 bits per heavy atom. The van der Waals surface area contributed by atoms with E-state index in [1.165, 1.54) is 5.56 Å². The molecule has 2 aromatic rings. The van der Waals surface area contributed by atoms with Gasteiger partial charge in [0.15, 0.2) is 5.11 Å². The maximum absolute atomic E-state index is 5.68. The zero-order valence-electron chi connectivity index (χ0n) is 15.4. The number of anilines is 1. The minimum Gasteiger partial charge on any atom is -0.492 e. The molecule has 1 heterocycles. The van der Waals surface area contributed by atoms with Crippen molar-refractivity contribution < 1.29 is 4.74 Å². The molecular weight excluding hydrogens is 342 g/mol. The Hall–Kier alpha value is -2.11.